The van der Waals surface area contributed by atoms with E-state index in [2.05, 4.69) is 56.0 Å². The molecule has 0 saturated heterocycles. The third-order valence-corrected chi connectivity index (χ3v) is 5.64. The lowest BCUT2D eigenvalue weighted by atomic mass is 10.1. The Balaban J connectivity index is 1.61. The maximum Gasteiger partial charge on any atom is 0.408 e. The Bertz CT molecular complexity index is 1270. The molecule has 0 aliphatic carbocycles. The van der Waals surface area contributed by atoms with Crippen molar-refractivity contribution >= 4 is 6.09 Å². The minimum atomic E-state index is -0.596. The van der Waals surface area contributed by atoms with Crippen LogP contribution in [0.25, 0.3) is 16.9 Å². The van der Waals surface area contributed by atoms with Crippen LogP contribution < -0.4 is 5.32 Å². The van der Waals surface area contributed by atoms with Crippen LogP contribution in [0.4, 0.5) is 4.79 Å². The molecule has 182 valence electrons. The van der Waals surface area contributed by atoms with E-state index in [1.165, 1.54) is 0 Å². The number of nitrogens with zero attached hydrogens (tertiary/aromatic N) is 5. The summed E-state index contributed by atoms with van der Waals surface area (Å²) in [6.07, 6.45) is 8.24. The van der Waals surface area contributed by atoms with Gasteiger partial charge in [0, 0.05) is 49.9 Å². The smallest absolute Gasteiger partial charge is 0.408 e. The van der Waals surface area contributed by atoms with Crippen LogP contribution in [-0.2, 0) is 24.6 Å². The molecule has 3 aromatic heterocycles. The van der Waals surface area contributed by atoms with E-state index in [9.17, 15) is 4.79 Å². The largest absolute Gasteiger partial charge is 0.444 e. The van der Waals surface area contributed by atoms with Crippen molar-refractivity contribution < 1.29 is 9.53 Å². The number of carbonyl (C=O) groups excluding carboxylic acids is 1. The van der Waals surface area contributed by atoms with Crippen molar-refractivity contribution in [1.82, 2.24) is 29.4 Å². The fraction of sp³-hybridized carbons (Fsp3) is 0.333. The van der Waals surface area contributed by atoms with Crippen molar-refractivity contribution in [3.63, 3.8) is 0 Å². The minimum Gasteiger partial charge on any atom is -0.444 e. The number of alkyl carbamates (subject to hydrolysis) is 1. The zero-order valence-electron chi connectivity index (χ0n) is 20.9. The maximum atomic E-state index is 12.6. The molecule has 0 radical (unpaired) electrons. The van der Waals surface area contributed by atoms with Gasteiger partial charge in [0.2, 0.25) is 0 Å². The number of ether oxygens (including phenoxy) is 1. The van der Waals surface area contributed by atoms with E-state index < -0.39 is 17.7 Å². The quantitative estimate of drug-likeness (QED) is 0.407. The minimum absolute atomic E-state index is 0.407. The van der Waals surface area contributed by atoms with Crippen LogP contribution in [0, 0.1) is 0 Å². The summed E-state index contributed by atoms with van der Waals surface area (Å²) in [6, 6.07) is 13.6. The molecule has 1 atom stereocenters. The van der Waals surface area contributed by atoms with E-state index in [0.717, 1.165) is 40.7 Å². The average molecular weight is 473 g/mol. The van der Waals surface area contributed by atoms with Gasteiger partial charge in [-0.3, -0.25) is 4.98 Å². The number of carbonyl (C=O) groups is 1. The second kappa shape index (κ2) is 10.1. The molecule has 0 saturated carbocycles. The fourth-order valence-electron chi connectivity index (χ4n) is 4.02. The van der Waals surface area contributed by atoms with Crippen molar-refractivity contribution in [2.24, 2.45) is 7.05 Å². The number of imidazole rings is 2. The Morgan fingerprint density at radius 2 is 1.83 bits per heavy atom. The number of pyridine rings is 1. The molecule has 4 rings (SSSR count). The molecule has 0 spiro atoms. The van der Waals surface area contributed by atoms with Crippen LogP contribution in [0.1, 0.15) is 51.1 Å². The second-order valence-corrected chi connectivity index (χ2v) is 9.40. The summed E-state index contributed by atoms with van der Waals surface area (Å²) in [4.78, 5) is 26.2. The molecule has 0 fully saturated rings. The average Bonchev–Trinajstić information content (AvgIpc) is 3.45. The SMILES string of the molecule is CCc1nccn1-c1ccc(-c2cnc(C(Cc3ccccn3)NC(=O)OC(C)(C)C)n2C)cc1. The lowest BCUT2D eigenvalue weighted by Crippen LogP contribution is -2.36. The predicted molar refractivity (Wildman–Crippen MR) is 135 cm³/mol. The third-order valence-electron chi connectivity index (χ3n) is 5.64. The van der Waals surface area contributed by atoms with Crippen molar-refractivity contribution in [1.29, 1.82) is 0 Å². The highest BCUT2D eigenvalue weighted by molar-refractivity contribution is 5.68. The lowest BCUT2D eigenvalue weighted by Gasteiger charge is -2.23. The normalized spacial score (nSPS) is 12.4. The Hall–Kier alpha value is -3.94. The van der Waals surface area contributed by atoms with Crippen molar-refractivity contribution in [3.8, 4) is 16.9 Å². The first-order valence-electron chi connectivity index (χ1n) is 11.8. The van der Waals surface area contributed by atoms with E-state index >= 15 is 0 Å². The number of nitrogens with one attached hydrogen (secondary N) is 1. The van der Waals surface area contributed by atoms with Gasteiger partial charge in [0.05, 0.1) is 17.9 Å². The number of rotatable bonds is 7. The van der Waals surface area contributed by atoms with Gasteiger partial charge in [-0.1, -0.05) is 25.1 Å². The summed E-state index contributed by atoms with van der Waals surface area (Å²) in [5.74, 6) is 1.75. The molecule has 8 nitrogen and oxygen atoms in total. The highest BCUT2D eigenvalue weighted by Gasteiger charge is 2.25. The number of hydrogen-bond acceptors (Lipinski definition) is 5. The van der Waals surface area contributed by atoms with Crippen molar-refractivity contribution in [2.45, 2.75) is 52.2 Å². The number of hydrogen-bond donors (Lipinski definition) is 1. The third kappa shape index (κ3) is 5.77. The van der Waals surface area contributed by atoms with Gasteiger partial charge in [-0.2, -0.15) is 0 Å². The fourth-order valence-corrected chi connectivity index (χ4v) is 4.02. The Morgan fingerprint density at radius 1 is 1.06 bits per heavy atom. The molecule has 1 amide bonds. The monoisotopic (exact) mass is 472 g/mol. The molecule has 1 N–H and O–H groups in total. The van der Waals surface area contributed by atoms with E-state index in [0.29, 0.717) is 6.42 Å². The highest BCUT2D eigenvalue weighted by atomic mass is 16.6. The summed E-state index contributed by atoms with van der Waals surface area (Å²) in [5, 5.41) is 2.99. The zero-order valence-corrected chi connectivity index (χ0v) is 20.9. The summed E-state index contributed by atoms with van der Waals surface area (Å²) in [6.45, 7) is 7.62. The van der Waals surface area contributed by atoms with Gasteiger partial charge in [-0.05, 0) is 50.6 Å². The van der Waals surface area contributed by atoms with Crippen LogP contribution >= 0.6 is 0 Å². The van der Waals surface area contributed by atoms with Crippen molar-refractivity contribution in [2.75, 3.05) is 0 Å². The predicted octanol–water partition coefficient (Wildman–Crippen LogP) is 5.04. The molecule has 1 unspecified atom stereocenters. The van der Waals surface area contributed by atoms with Crippen LogP contribution in [-0.4, -0.2) is 35.8 Å². The molecule has 0 bridgehead atoms. The van der Waals surface area contributed by atoms with E-state index in [-0.39, 0.29) is 0 Å². The van der Waals surface area contributed by atoms with Crippen LogP contribution in [0.2, 0.25) is 0 Å². The molecular formula is C27H32N6O2. The maximum absolute atomic E-state index is 12.6. The number of benzene rings is 1. The first-order chi connectivity index (χ1) is 16.7. The molecule has 3 heterocycles. The standard InChI is InChI=1S/C27H32N6O2/c1-6-24-29-15-16-33(24)21-12-10-19(11-13-21)23-18-30-25(32(23)5)22(17-20-9-7-8-14-28-20)31-26(34)35-27(2,3)4/h7-16,18,22H,6,17H2,1-5H3,(H,31,34). The molecular weight excluding hydrogens is 440 g/mol. The molecule has 4 aromatic rings. The number of aryl methyl sites for hydroxylation is 1. The number of amides is 1. The summed E-state index contributed by atoms with van der Waals surface area (Å²) in [5.41, 5.74) is 3.30. The zero-order chi connectivity index (χ0) is 25.0. The summed E-state index contributed by atoms with van der Waals surface area (Å²) < 4.78 is 9.61. The van der Waals surface area contributed by atoms with E-state index in [1.807, 2.05) is 69.2 Å². The molecule has 0 aliphatic heterocycles. The van der Waals surface area contributed by atoms with Crippen LogP contribution in [0.15, 0.2) is 67.3 Å². The molecule has 1 aromatic carbocycles. The molecule has 35 heavy (non-hydrogen) atoms. The lowest BCUT2D eigenvalue weighted by molar-refractivity contribution is 0.0500. The Labute approximate surface area is 206 Å². The van der Waals surface area contributed by atoms with Crippen molar-refractivity contribution in [3.05, 3.63) is 84.6 Å². The Morgan fingerprint density at radius 3 is 2.49 bits per heavy atom. The van der Waals surface area contributed by atoms with Gasteiger partial charge < -0.3 is 19.2 Å². The summed E-state index contributed by atoms with van der Waals surface area (Å²) >= 11 is 0. The van der Waals surface area contributed by atoms with Gasteiger partial charge in [0.25, 0.3) is 0 Å². The van der Waals surface area contributed by atoms with Gasteiger partial charge in [0.1, 0.15) is 17.2 Å². The van der Waals surface area contributed by atoms with E-state index in [1.54, 1.807) is 6.20 Å². The van der Waals surface area contributed by atoms with Gasteiger partial charge in [0.15, 0.2) is 0 Å². The van der Waals surface area contributed by atoms with Crippen LogP contribution in [0.3, 0.4) is 0 Å². The van der Waals surface area contributed by atoms with Gasteiger partial charge in [-0.15, -0.1) is 0 Å². The number of aromatic nitrogens is 5. The highest BCUT2D eigenvalue weighted by Crippen LogP contribution is 2.26. The summed E-state index contributed by atoms with van der Waals surface area (Å²) in [7, 11) is 1.96. The second-order valence-electron chi connectivity index (χ2n) is 9.40. The molecule has 0 aliphatic rings. The molecule has 8 heteroatoms. The van der Waals surface area contributed by atoms with E-state index in [4.69, 9.17) is 4.74 Å². The first kappa shape index (κ1) is 24.2. The van der Waals surface area contributed by atoms with Crippen LogP contribution in [0.5, 0.6) is 0 Å². The van der Waals surface area contributed by atoms with Gasteiger partial charge >= 0.3 is 6.09 Å². The topological polar surface area (TPSA) is 86.9 Å². The Kier molecular flexibility index (Phi) is 7.00. The van der Waals surface area contributed by atoms with Gasteiger partial charge in [-0.25, -0.2) is 14.8 Å². The first-order valence-corrected chi connectivity index (χ1v) is 11.8.